The summed E-state index contributed by atoms with van der Waals surface area (Å²) in [7, 11) is 1.43. The topological polar surface area (TPSA) is 84.6 Å². The summed E-state index contributed by atoms with van der Waals surface area (Å²) in [5.41, 5.74) is 5.53. The second-order valence-electron chi connectivity index (χ2n) is 3.68. The minimum absolute atomic E-state index is 0.160. The highest BCUT2D eigenvalue weighted by Gasteiger charge is 2.13. The molecule has 98 valence electrons. The zero-order valence-electron chi connectivity index (χ0n) is 10.1. The number of carbonyl (C=O) groups excluding carboxylic acids is 1. The van der Waals surface area contributed by atoms with Crippen LogP contribution in [0.3, 0.4) is 0 Å². The first-order chi connectivity index (χ1) is 8.56. The Kier molecular flexibility index (Phi) is 5.38. The number of nitrogens with two attached hydrogens (primary N) is 1. The molecule has 0 spiro atoms. The number of hydrogen-bond acceptors (Lipinski definition) is 4. The lowest BCUT2D eigenvalue weighted by atomic mass is 10.1. The van der Waals surface area contributed by atoms with E-state index in [9.17, 15) is 9.90 Å². The number of ether oxygens (including phenoxy) is 1. The SMILES string of the molecule is COc1cccc(C(=O)NCCCC(N)=S)c1O. The van der Waals surface area contributed by atoms with E-state index in [-0.39, 0.29) is 23.0 Å². The number of aromatic hydroxyl groups is 1. The highest BCUT2D eigenvalue weighted by atomic mass is 32.1. The van der Waals surface area contributed by atoms with Crippen molar-refractivity contribution in [2.45, 2.75) is 12.8 Å². The molecule has 5 nitrogen and oxygen atoms in total. The van der Waals surface area contributed by atoms with E-state index in [1.54, 1.807) is 12.1 Å². The van der Waals surface area contributed by atoms with Crippen molar-refractivity contribution in [3.63, 3.8) is 0 Å². The third-order valence-corrected chi connectivity index (χ3v) is 2.55. The minimum Gasteiger partial charge on any atom is -0.504 e. The highest BCUT2D eigenvalue weighted by Crippen LogP contribution is 2.29. The smallest absolute Gasteiger partial charge is 0.255 e. The molecule has 4 N–H and O–H groups in total. The summed E-state index contributed by atoms with van der Waals surface area (Å²) in [4.78, 5) is 12.2. The van der Waals surface area contributed by atoms with Gasteiger partial charge in [0, 0.05) is 6.54 Å². The molecule has 1 rings (SSSR count). The van der Waals surface area contributed by atoms with Gasteiger partial charge < -0.3 is 20.9 Å². The Labute approximate surface area is 111 Å². The van der Waals surface area contributed by atoms with Gasteiger partial charge in [0.15, 0.2) is 11.5 Å². The monoisotopic (exact) mass is 268 g/mol. The standard InChI is InChI=1S/C12H16N2O3S/c1-17-9-5-2-4-8(11(9)15)12(16)14-7-3-6-10(13)18/h2,4-5,15H,3,6-7H2,1H3,(H2,13,18)(H,14,16). The molecule has 0 aliphatic heterocycles. The molecule has 0 bridgehead atoms. The summed E-state index contributed by atoms with van der Waals surface area (Å²) >= 11 is 4.73. The minimum atomic E-state index is -0.352. The number of para-hydroxylation sites is 1. The van der Waals surface area contributed by atoms with E-state index in [4.69, 9.17) is 22.7 Å². The third-order valence-electron chi connectivity index (χ3n) is 2.35. The van der Waals surface area contributed by atoms with E-state index in [1.165, 1.54) is 13.2 Å². The maximum atomic E-state index is 11.8. The van der Waals surface area contributed by atoms with Crippen LogP contribution in [0, 0.1) is 0 Å². The predicted octanol–water partition coefficient (Wildman–Crippen LogP) is 1.20. The van der Waals surface area contributed by atoms with Crippen LogP contribution in [-0.2, 0) is 0 Å². The van der Waals surface area contributed by atoms with Crippen LogP contribution in [0.1, 0.15) is 23.2 Å². The molecule has 1 aromatic carbocycles. The van der Waals surface area contributed by atoms with Crippen LogP contribution < -0.4 is 15.8 Å². The Morgan fingerprint density at radius 1 is 1.56 bits per heavy atom. The Bertz CT molecular complexity index is 449. The van der Waals surface area contributed by atoms with Gasteiger partial charge in [0.2, 0.25) is 0 Å². The summed E-state index contributed by atoms with van der Waals surface area (Å²) in [6.07, 6.45) is 1.26. The molecule has 0 radical (unpaired) electrons. The molecule has 0 aliphatic carbocycles. The van der Waals surface area contributed by atoms with Gasteiger partial charge in [-0.25, -0.2) is 0 Å². The fourth-order valence-corrected chi connectivity index (χ4v) is 1.57. The quantitative estimate of drug-likeness (QED) is 0.533. The number of methoxy groups -OCH3 is 1. The predicted molar refractivity (Wildman–Crippen MR) is 73.0 cm³/mol. The summed E-state index contributed by atoms with van der Waals surface area (Å²) in [5, 5.41) is 12.5. The van der Waals surface area contributed by atoms with Crippen molar-refractivity contribution in [1.82, 2.24) is 5.32 Å². The normalized spacial score (nSPS) is 9.83. The molecule has 0 unspecified atom stereocenters. The van der Waals surface area contributed by atoms with Crippen LogP contribution in [0.5, 0.6) is 11.5 Å². The van der Waals surface area contributed by atoms with E-state index in [0.29, 0.717) is 24.4 Å². The van der Waals surface area contributed by atoms with E-state index in [0.717, 1.165) is 0 Å². The summed E-state index contributed by atoms with van der Waals surface area (Å²) in [6.45, 7) is 0.451. The number of amides is 1. The maximum Gasteiger partial charge on any atom is 0.255 e. The summed E-state index contributed by atoms with van der Waals surface area (Å²) in [5.74, 6) is -0.244. The molecule has 6 heteroatoms. The highest BCUT2D eigenvalue weighted by molar-refractivity contribution is 7.80. The first-order valence-electron chi connectivity index (χ1n) is 5.48. The number of thiocarbonyl (C=S) groups is 1. The van der Waals surface area contributed by atoms with Crippen LogP contribution in [0.15, 0.2) is 18.2 Å². The Morgan fingerprint density at radius 2 is 2.28 bits per heavy atom. The molecule has 0 atom stereocenters. The zero-order chi connectivity index (χ0) is 13.5. The first kappa shape index (κ1) is 14.2. The van der Waals surface area contributed by atoms with Gasteiger partial charge in [-0.1, -0.05) is 18.3 Å². The number of phenolic OH excluding ortho intramolecular Hbond substituents is 1. The Hall–Kier alpha value is -1.82. The lowest BCUT2D eigenvalue weighted by molar-refractivity contribution is 0.0950. The molecule has 0 aromatic heterocycles. The molecule has 0 saturated heterocycles. The molecule has 1 amide bonds. The lowest BCUT2D eigenvalue weighted by Crippen LogP contribution is -2.25. The summed E-state index contributed by atoms with van der Waals surface area (Å²) < 4.78 is 4.93. The Balaban J connectivity index is 2.59. The van der Waals surface area contributed by atoms with E-state index in [1.807, 2.05) is 0 Å². The number of hydrogen-bond donors (Lipinski definition) is 3. The molecule has 0 fully saturated rings. The van der Waals surface area contributed by atoms with Gasteiger partial charge in [0.05, 0.1) is 17.7 Å². The number of rotatable bonds is 6. The van der Waals surface area contributed by atoms with Crippen LogP contribution >= 0.6 is 12.2 Å². The molecule has 0 aliphatic rings. The second-order valence-corrected chi connectivity index (χ2v) is 4.21. The lowest BCUT2D eigenvalue weighted by Gasteiger charge is -2.09. The van der Waals surface area contributed by atoms with Gasteiger partial charge in [-0.3, -0.25) is 4.79 Å². The largest absolute Gasteiger partial charge is 0.504 e. The average molecular weight is 268 g/mol. The van der Waals surface area contributed by atoms with E-state index < -0.39 is 0 Å². The average Bonchev–Trinajstić information content (AvgIpc) is 2.34. The zero-order valence-corrected chi connectivity index (χ0v) is 10.9. The van der Waals surface area contributed by atoms with Crippen molar-refractivity contribution in [1.29, 1.82) is 0 Å². The Morgan fingerprint density at radius 3 is 2.89 bits per heavy atom. The summed E-state index contributed by atoms with van der Waals surface area (Å²) in [6, 6.07) is 4.75. The number of carbonyl (C=O) groups is 1. The van der Waals surface area contributed by atoms with Crippen molar-refractivity contribution in [2.75, 3.05) is 13.7 Å². The van der Waals surface area contributed by atoms with Crippen molar-refractivity contribution in [3.05, 3.63) is 23.8 Å². The fourth-order valence-electron chi connectivity index (χ4n) is 1.43. The van der Waals surface area contributed by atoms with Gasteiger partial charge in [-0.05, 0) is 25.0 Å². The van der Waals surface area contributed by atoms with Gasteiger partial charge >= 0.3 is 0 Å². The van der Waals surface area contributed by atoms with E-state index in [2.05, 4.69) is 5.32 Å². The van der Waals surface area contributed by atoms with Gasteiger partial charge in [-0.2, -0.15) is 0 Å². The molecule has 1 aromatic rings. The van der Waals surface area contributed by atoms with Crippen LogP contribution in [-0.4, -0.2) is 29.7 Å². The van der Waals surface area contributed by atoms with E-state index >= 15 is 0 Å². The number of benzene rings is 1. The molecular weight excluding hydrogens is 252 g/mol. The number of nitrogens with one attached hydrogen (secondary N) is 1. The van der Waals surface area contributed by atoms with Crippen molar-refractivity contribution >= 4 is 23.1 Å². The third kappa shape index (κ3) is 3.89. The molecule has 0 saturated carbocycles. The molecule has 0 heterocycles. The molecule has 18 heavy (non-hydrogen) atoms. The number of phenols is 1. The van der Waals surface area contributed by atoms with Crippen molar-refractivity contribution in [2.24, 2.45) is 5.73 Å². The molecular formula is C12H16N2O3S. The first-order valence-corrected chi connectivity index (χ1v) is 5.89. The van der Waals surface area contributed by atoms with Gasteiger partial charge in [-0.15, -0.1) is 0 Å². The van der Waals surface area contributed by atoms with Gasteiger partial charge in [0.1, 0.15) is 0 Å². The van der Waals surface area contributed by atoms with Crippen molar-refractivity contribution in [3.8, 4) is 11.5 Å². The maximum absolute atomic E-state index is 11.8. The fraction of sp³-hybridized carbons (Fsp3) is 0.333. The van der Waals surface area contributed by atoms with Crippen molar-refractivity contribution < 1.29 is 14.6 Å². The van der Waals surface area contributed by atoms with Crippen LogP contribution in [0.25, 0.3) is 0 Å². The van der Waals surface area contributed by atoms with Crippen LogP contribution in [0.2, 0.25) is 0 Å². The van der Waals surface area contributed by atoms with Gasteiger partial charge in [0.25, 0.3) is 5.91 Å². The second kappa shape index (κ2) is 6.80. The van der Waals surface area contributed by atoms with Crippen LogP contribution in [0.4, 0.5) is 0 Å².